The molecule has 2 rings (SSSR count). The van der Waals surface area contributed by atoms with E-state index < -0.39 is 0 Å². The molecule has 1 unspecified atom stereocenters. The van der Waals surface area contributed by atoms with Crippen molar-refractivity contribution in [3.8, 4) is 0 Å². The Morgan fingerprint density at radius 1 is 1.39 bits per heavy atom. The number of hydrogen-bond acceptors (Lipinski definition) is 5. The summed E-state index contributed by atoms with van der Waals surface area (Å²) >= 11 is 0. The highest BCUT2D eigenvalue weighted by Gasteiger charge is 2.20. The van der Waals surface area contributed by atoms with Crippen LogP contribution in [-0.4, -0.2) is 19.7 Å². The largest absolute Gasteiger partial charge is 0.334 e. The first-order valence-corrected chi connectivity index (χ1v) is 5.95. The van der Waals surface area contributed by atoms with Crippen molar-refractivity contribution >= 4 is 0 Å². The molecule has 0 aromatic carbocycles. The zero-order valence-corrected chi connectivity index (χ0v) is 10.9. The van der Waals surface area contributed by atoms with E-state index >= 15 is 0 Å². The Morgan fingerprint density at radius 2 is 2.17 bits per heavy atom. The average molecular weight is 246 g/mol. The molecule has 0 aliphatic heterocycles. The van der Waals surface area contributed by atoms with Crippen LogP contribution in [-0.2, 0) is 6.54 Å². The summed E-state index contributed by atoms with van der Waals surface area (Å²) in [6.07, 6.45) is 3.72. The molecule has 0 radical (unpaired) electrons. The molecule has 0 spiro atoms. The third kappa shape index (κ3) is 2.25. The molecular formula is C12H18N6. The Labute approximate surface area is 106 Å². The summed E-state index contributed by atoms with van der Waals surface area (Å²) in [5.74, 6) is 6.57. The fraction of sp³-hybridized carbons (Fsp3) is 0.417. The van der Waals surface area contributed by atoms with Gasteiger partial charge in [0.1, 0.15) is 11.9 Å². The molecule has 0 aliphatic carbocycles. The smallest absolute Gasteiger partial charge is 0.131 e. The van der Waals surface area contributed by atoms with Gasteiger partial charge in [-0.25, -0.2) is 10.4 Å². The van der Waals surface area contributed by atoms with Gasteiger partial charge in [0.05, 0.1) is 11.4 Å². The van der Waals surface area contributed by atoms with E-state index in [0.29, 0.717) is 0 Å². The highest BCUT2D eigenvalue weighted by atomic mass is 15.3. The number of nitrogens with zero attached hydrogens (tertiary/aromatic N) is 4. The van der Waals surface area contributed by atoms with Crippen molar-refractivity contribution in [2.24, 2.45) is 5.84 Å². The fourth-order valence-electron chi connectivity index (χ4n) is 2.01. The first kappa shape index (κ1) is 12.7. The van der Waals surface area contributed by atoms with Gasteiger partial charge in [0.15, 0.2) is 0 Å². The molecule has 6 nitrogen and oxygen atoms in total. The van der Waals surface area contributed by atoms with Crippen LogP contribution in [0.5, 0.6) is 0 Å². The number of nitrogens with one attached hydrogen (secondary N) is 1. The molecule has 96 valence electrons. The first-order chi connectivity index (χ1) is 8.67. The molecule has 18 heavy (non-hydrogen) atoms. The van der Waals surface area contributed by atoms with Gasteiger partial charge in [0, 0.05) is 24.5 Å². The van der Waals surface area contributed by atoms with Crippen molar-refractivity contribution in [1.29, 1.82) is 0 Å². The molecule has 0 saturated heterocycles. The normalized spacial score (nSPS) is 12.7. The summed E-state index contributed by atoms with van der Waals surface area (Å²) in [6.45, 7) is 6.76. The van der Waals surface area contributed by atoms with Gasteiger partial charge >= 0.3 is 0 Å². The van der Waals surface area contributed by atoms with E-state index in [1.54, 1.807) is 6.20 Å². The predicted octanol–water partition coefficient (Wildman–Crippen LogP) is 0.863. The maximum atomic E-state index is 5.69. The molecule has 0 amide bonds. The standard InChI is InChI=1S/C12H18N6/c1-4-18-6-5-14-12(18)11(15-13)10-7-8(2)16-17-9(10)3/h5-7,11,15H,4,13H2,1-3H3. The number of imidazole rings is 1. The quantitative estimate of drug-likeness (QED) is 0.617. The third-order valence-electron chi connectivity index (χ3n) is 2.96. The summed E-state index contributed by atoms with van der Waals surface area (Å²) in [5.41, 5.74) is 5.54. The Hall–Kier alpha value is -1.79. The lowest BCUT2D eigenvalue weighted by atomic mass is 10.1. The van der Waals surface area contributed by atoms with Gasteiger partial charge in [-0.05, 0) is 26.8 Å². The topological polar surface area (TPSA) is 81.7 Å². The number of aromatic nitrogens is 4. The van der Waals surface area contributed by atoms with E-state index in [2.05, 4.69) is 32.1 Å². The molecule has 0 bridgehead atoms. The van der Waals surface area contributed by atoms with Crippen LogP contribution in [0.4, 0.5) is 0 Å². The van der Waals surface area contributed by atoms with Crippen LogP contribution in [0.1, 0.15) is 35.7 Å². The van der Waals surface area contributed by atoms with Gasteiger partial charge in [0.2, 0.25) is 0 Å². The maximum absolute atomic E-state index is 5.69. The first-order valence-electron chi connectivity index (χ1n) is 5.95. The van der Waals surface area contributed by atoms with Crippen LogP contribution in [0, 0.1) is 13.8 Å². The van der Waals surface area contributed by atoms with Crippen LogP contribution in [0.15, 0.2) is 18.5 Å². The van der Waals surface area contributed by atoms with Crippen LogP contribution in [0.3, 0.4) is 0 Å². The van der Waals surface area contributed by atoms with E-state index in [4.69, 9.17) is 5.84 Å². The zero-order chi connectivity index (χ0) is 13.1. The molecule has 3 N–H and O–H groups in total. The van der Waals surface area contributed by atoms with Crippen LogP contribution in [0.25, 0.3) is 0 Å². The van der Waals surface area contributed by atoms with E-state index in [-0.39, 0.29) is 6.04 Å². The Balaban J connectivity index is 2.48. The summed E-state index contributed by atoms with van der Waals surface area (Å²) in [7, 11) is 0. The number of hydrogen-bond donors (Lipinski definition) is 2. The number of hydrazine groups is 1. The second-order valence-electron chi connectivity index (χ2n) is 4.20. The molecule has 0 saturated carbocycles. The van der Waals surface area contributed by atoms with Crippen molar-refractivity contribution in [1.82, 2.24) is 25.2 Å². The van der Waals surface area contributed by atoms with Crippen LogP contribution < -0.4 is 11.3 Å². The van der Waals surface area contributed by atoms with E-state index in [1.807, 2.05) is 26.1 Å². The lowest BCUT2D eigenvalue weighted by molar-refractivity contribution is 0.554. The number of aryl methyl sites for hydroxylation is 3. The third-order valence-corrected chi connectivity index (χ3v) is 2.96. The minimum atomic E-state index is -0.172. The van der Waals surface area contributed by atoms with Crippen molar-refractivity contribution in [3.63, 3.8) is 0 Å². The second kappa shape index (κ2) is 5.24. The van der Waals surface area contributed by atoms with Crippen molar-refractivity contribution < 1.29 is 0 Å². The molecule has 2 heterocycles. The lowest BCUT2D eigenvalue weighted by Crippen LogP contribution is -2.32. The van der Waals surface area contributed by atoms with Crippen LogP contribution >= 0.6 is 0 Å². The van der Waals surface area contributed by atoms with Gasteiger partial charge in [-0.1, -0.05) is 0 Å². The van der Waals surface area contributed by atoms with Crippen LogP contribution in [0.2, 0.25) is 0 Å². The van der Waals surface area contributed by atoms with Gasteiger partial charge in [-0.2, -0.15) is 10.2 Å². The van der Waals surface area contributed by atoms with Gasteiger partial charge < -0.3 is 4.57 Å². The molecule has 2 aromatic heterocycles. The number of rotatable bonds is 4. The van der Waals surface area contributed by atoms with Crippen molar-refractivity contribution in [2.75, 3.05) is 0 Å². The van der Waals surface area contributed by atoms with E-state index in [0.717, 1.165) is 29.3 Å². The molecule has 0 aliphatic rings. The Bertz CT molecular complexity index is 533. The van der Waals surface area contributed by atoms with E-state index in [9.17, 15) is 0 Å². The second-order valence-corrected chi connectivity index (χ2v) is 4.20. The monoisotopic (exact) mass is 246 g/mol. The Kier molecular flexibility index (Phi) is 3.69. The minimum absolute atomic E-state index is 0.172. The summed E-state index contributed by atoms with van der Waals surface area (Å²) in [4.78, 5) is 4.38. The zero-order valence-electron chi connectivity index (χ0n) is 10.9. The highest BCUT2D eigenvalue weighted by molar-refractivity contribution is 5.28. The van der Waals surface area contributed by atoms with Gasteiger partial charge in [0.25, 0.3) is 0 Å². The minimum Gasteiger partial charge on any atom is -0.334 e. The molecule has 2 aromatic rings. The summed E-state index contributed by atoms with van der Waals surface area (Å²) in [5, 5.41) is 8.16. The predicted molar refractivity (Wildman–Crippen MR) is 68.6 cm³/mol. The maximum Gasteiger partial charge on any atom is 0.131 e. The summed E-state index contributed by atoms with van der Waals surface area (Å²) in [6, 6.07) is 1.82. The molecular weight excluding hydrogens is 228 g/mol. The average Bonchev–Trinajstić information content (AvgIpc) is 2.83. The van der Waals surface area contributed by atoms with Crippen molar-refractivity contribution in [2.45, 2.75) is 33.4 Å². The van der Waals surface area contributed by atoms with Crippen molar-refractivity contribution in [3.05, 3.63) is 41.2 Å². The SMILES string of the molecule is CCn1ccnc1C(NN)c1cc(C)nnc1C. The van der Waals surface area contributed by atoms with Gasteiger partial charge in [-0.15, -0.1) is 0 Å². The molecule has 0 fully saturated rings. The fourth-order valence-corrected chi connectivity index (χ4v) is 2.01. The molecule has 6 heteroatoms. The van der Waals surface area contributed by atoms with E-state index in [1.165, 1.54) is 0 Å². The number of nitrogens with two attached hydrogens (primary N) is 1. The lowest BCUT2D eigenvalue weighted by Gasteiger charge is -2.18. The molecule has 1 atom stereocenters. The summed E-state index contributed by atoms with van der Waals surface area (Å²) < 4.78 is 2.06. The van der Waals surface area contributed by atoms with Gasteiger partial charge in [-0.3, -0.25) is 5.84 Å². The highest BCUT2D eigenvalue weighted by Crippen LogP contribution is 2.22. The Morgan fingerprint density at radius 3 is 2.83 bits per heavy atom.